The van der Waals surface area contributed by atoms with E-state index in [2.05, 4.69) is 10.6 Å². The van der Waals surface area contributed by atoms with Gasteiger partial charge in [0.15, 0.2) is 0 Å². The third-order valence-corrected chi connectivity index (χ3v) is 3.59. The van der Waals surface area contributed by atoms with E-state index in [9.17, 15) is 9.59 Å². The molecule has 0 bridgehead atoms. The van der Waals surface area contributed by atoms with Crippen LogP contribution in [0.4, 0.5) is 4.79 Å². The van der Waals surface area contributed by atoms with Crippen molar-refractivity contribution in [2.75, 3.05) is 13.2 Å². The molecule has 0 spiro atoms. The lowest BCUT2D eigenvalue weighted by molar-refractivity contribution is -0.143. The average Bonchev–Trinajstić information content (AvgIpc) is 2.97. The molecule has 2 rings (SSSR count). The molecule has 0 aromatic heterocycles. The van der Waals surface area contributed by atoms with Crippen molar-refractivity contribution in [1.82, 2.24) is 10.6 Å². The Balaban J connectivity index is 1.73. The van der Waals surface area contributed by atoms with E-state index in [0.717, 1.165) is 6.42 Å². The molecule has 1 aliphatic carbocycles. The van der Waals surface area contributed by atoms with Crippen LogP contribution in [-0.2, 0) is 9.53 Å². The van der Waals surface area contributed by atoms with Crippen LogP contribution in [0.15, 0.2) is 0 Å². The van der Waals surface area contributed by atoms with E-state index in [4.69, 9.17) is 9.84 Å². The zero-order valence-electron chi connectivity index (χ0n) is 9.86. The largest absolute Gasteiger partial charge is 0.481 e. The van der Waals surface area contributed by atoms with Crippen LogP contribution in [0.25, 0.3) is 0 Å². The zero-order valence-corrected chi connectivity index (χ0v) is 9.86. The minimum atomic E-state index is -0.824. The number of aliphatic carboxylic acids is 1. The predicted molar refractivity (Wildman–Crippen MR) is 59.7 cm³/mol. The van der Waals surface area contributed by atoms with Crippen molar-refractivity contribution in [2.24, 2.45) is 5.41 Å². The highest BCUT2D eigenvalue weighted by Gasteiger charge is 2.50. The van der Waals surface area contributed by atoms with Gasteiger partial charge < -0.3 is 20.5 Å². The van der Waals surface area contributed by atoms with Gasteiger partial charge in [-0.15, -0.1) is 0 Å². The number of ether oxygens (including phenoxy) is 1. The van der Waals surface area contributed by atoms with Crippen molar-refractivity contribution >= 4 is 12.0 Å². The number of rotatable bonds is 4. The van der Waals surface area contributed by atoms with E-state index in [0.29, 0.717) is 19.4 Å². The van der Waals surface area contributed by atoms with Crippen LogP contribution in [0.1, 0.15) is 26.2 Å². The molecule has 2 fully saturated rings. The minimum absolute atomic E-state index is 0.0231. The first-order valence-electron chi connectivity index (χ1n) is 5.93. The number of carbonyl (C=O) groups excluding carboxylic acids is 1. The van der Waals surface area contributed by atoms with Gasteiger partial charge in [0.05, 0.1) is 17.6 Å². The normalized spacial score (nSPS) is 29.7. The Hall–Kier alpha value is -1.30. The van der Waals surface area contributed by atoms with Gasteiger partial charge in [-0.05, 0) is 26.2 Å². The van der Waals surface area contributed by atoms with E-state index in [1.165, 1.54) is 0 Å². The predicted octanol–water partition coefficient (Wildman–Crippen LogP) is 0.328. The highest BCUT2D eigenvalue weighted by atomic mass is 16.5. The molecule has 2 atom stereocenters. The molecule has 3 N–H and O–H groups in total. The maximum atomic E-state index is 11.6. The van der Waals surface area contributed by atoms with Crippen LogP contribution in [0, 0.1) is 5.41 Å². The molecular weight excluding hydrogens is 224 g/mol. The summed E-state index contributed by atoms with van der Waals surface area (Å²) in [4.78, 5) is 22.5. The topological polar surface area (TPSA) is 87.7 Å². The van der Waals surface area contributed by atoms with Gasteiger partial charge in [-0.25, -0.2) is 4.79 Å². The first-order valence-corrected chi connectivity index (χ1v) is 5.93. The summed E-state index contributed by atoms with van der Waals surface area (Å²) in [6, 6.07) is -0.283. The van der Waals surface area contributed by atoms with E-state index >= 15 is 0 Å². The number of carbonyl (C=O) groups is 2. The van der Waals surface area contributed by atoms with Crippen molar-refractivity contribution in [1.29, 1.82) is 0 Å². The van der Waals surface area contributed by atoms with E-state index in [1.54, 1.807) is 0 Å². The molecule has 2 unspecified atom stereocenters. The molecule has 0 aromatic carbocycles. The van der Waals surface area contributed by atoms with E-state index in [1.807, 2.05) is 6.92 Å². The molecular formula is C11H18N2O4. The van der Waals surface area contributed by atoms with Gasteiger partial charge in [-0.1, -0.05) is 0 Å². The standard InChI is InChI=1S/C11H18N2O4/c1-7-8(2-5-17-7)13-10(16)12-6-11(3-4-11)9(14)15/h7-8H,2-6H2,1H3,(H,14,15)(H2,12,13,16). The van der Waals surface area contributed by atoms with Crippen molar-refractivity contribution in [3.05, 3.63) is 0 Å². The molecule has 6 heteroatoms. The van der Waals surface area contributed by atoms with Crippen LogP contribution < -0.4 is 10.6 Å². The molecule has 1 saturated heterocycles. The summed E-state index contributed by atoms with van der Waals surface area (Å²) in [5.41, 5.74) is -0.713. The van der Waals surface area contributed by atoms with Gasteiger partial charge in [-0.2, -0.15) is 0 Å². The molecule has 1 heterocycles. The highest BCUT2D eigenvalue weighted by molar-refractivity contribution is 5.80. The van der Waals surface area contributed by atoms with Crippen LogP contribution >= 0.6 is 0 Å². The Kier molecular flexibility index (Phi) is 3.24. The Morgan fingerprint density at radius 2 is 2.18 bits per heavy atom. The fourth-order valence-corrected chi connectivity index (χ4v) is 2.01. The summed E-state index contributed by atoms with van der Waals surface area (Å²) in [6.45, 7) is 2.78. The second-order valence-electron chi connectivity index (χ2n) is 4.88. The van der Waals surface area contributed by atoms with Gasteiger partial charge in [-0.3, -0.25) is 4.79 Å². The Bertz CT molecular complexity index is 327. The van der Waals surface area contributed by atoms with Crippen LogP contribution in [0.2, 0.25) is 0 Å². The van der Waals surface area contributed by atoms with Gasteiger partial charge in [0, 0.05) is 13.2 Å². The summed E-state index contributed by atoms with van der Waals surface area (Å²) >= 11 is 0. The van der Waals surface area contributed by atoms with Crippen molar-refractivity contribution in [3.63, 3.8) is 0 Å². The van der Waals surface area contributed by atoms with Gasteiger partial charge in [0.2, 0.25) is 0 Å². The second kappa shape index (κ2) is 4.52. The van der Waals surface area contributed by atoms with Gasteiger partial charge in [0.25, 0.3) is 0 Å². The first kappa shape index (κ1) is 12.2. The van der Waals surface area contributed by atoms with Crippen molar-refractivity contribution in [2.45, 2.75) is 38.3 Å². The molecule has 17 heavy (non-hydrogen) atoms. The third kappa shape index (κ3) is 2.69. The lowest BCUT2D eigenvalue weighted by Crippen LogP contribution is -2.47. The van der Waals surface area contributed by atoms with Crippen LogP contribution in [-0.4, -0.2) is 42.4 Å². The van der Waals surface area contributed by atoms with Crippen molar-refractivity contribution in [3.8, 4) is 0 Å². The second-order valence-corrected chi connectivity index (χ2v) is 4.88. The number of amides is 2. The molecule has 96 valence electrons. The van der Waals surface area contributed by atoms with Gasteiger partial charge in [0.1, 0.15) is 0 Å². The molecule has 2 amide bonds. The number of carboxylic acids is 1. The third-order valence-electron chi connectivity index (χ3n) is 3.59. The summed E-state index contributed by atoms with van der Waals surface area (Å²) in [7, 11) is 0. The maximum Gasteiger partial charge on any atom is 0.315 e. The SMILES string of the molecule is CC1OCCC1NC(=O)NCC1(C(=O)O)CC1. The number of hydrogen-bond acceptors (Lipinski definition) is 3. The summed E-state index contributed by atoms with van der Waals surface area (Å²) < 4.78 is 5.33. The fraction of sp³-hybridized carbons (Fsp3) is 0.818. The van der Waals surface area contributed by atoms with Gasteiger partial charge >= 0.3 is 12.0 Å². The van der Waals surface area contributed by atoms with E-state index < -0.39 is 11.4 Å². The average molecular weight is 242 g/mol. The van der Waals surface area contributed by atoms with E-state index in [-0.39, 0.29) is 24.7 Å². The molecule has 2 aliphatic rings. The Morgan fingerprint density at radius 1 is 1.47 bits per heavy atom. The smallest absolute Gasteiger partial charge is 0.315 e. The highest BCUT2D eigenvalue weighted by Crippen LogP contribution is 2.45. The summed E-state index contributed by atoms with van der Waals surface area (Å²) in [5.74, 6) is -0.824. The quantitative estimate of drug-likeness (QED) is 0.663. The number of hydrogen-bond donors (Lipinski definition) is 3. The molecule has 6 nitrogen and oxygen atoms in total. The number of carboxylic acid groups (broad SMARTS) is 1. The minimum Gasteiger partial charge on any atom is -0.481 e. The number of urea groups is 1. The monoisotopic (exact) mass is 242 g/mol. The Labute approximate surface area is 99.7 Å². The summed E-state index contributed by atoms with van der Waals surface area (Å²) in [5, 5.41) is 14.4. The lowest BCUT2D eigenvalue weighted by atomic mass is 10.1. The number of nitrogens with one attached hydrogen (secondary N) is 2. The molecule has 0 aromatic rings. The summed E-state index contributed by atoms with van der Waals surface area (Å²) in [6.07, 6.45) is 2.12. The fourth-order valence-electron chi connectivity index (χ4n) is 2.01. The first-order chi connectivity index (χ1) is 8.03. The zero-order chi connectivity index (χ0) is 12.5. The molecule has 1 saturated carbocycles. The van der Waals surface area contributed by atoms with Crippen molar-refractivity contribution < 1.29 is 19.4 Å². The van der Waals surface area contributed by atoms with Crippen LogP contribution in [0.5, 0.6) is 0 Å². The molecule has 0 radical (unpaired) electrons. The Morgan fingerprint density at radius 3 is 2.65 bits per heavy atom. The van der Waals surface area contributed by atoms with Crippen LogP contribution in [0.3, 0.4) is 0 Å². The lowest BCUT2D eigenvalue weighted by Gasteiger charge is -2.17. The maximum absolute atomic E-state index is 11.6. The molecule has 1 aliphatic heterocycles.